The molecule has 4 heteroatoms. The van der Waals surface area contributed by atoms with Gasteiger partial charge in [0.05, 0.1) is 0 Å². The molecule has 0 aromatic heterocycles. The van der Waals surface area contributed by atoms with Crippen LogP contribution in [0, 0.1) is 0 Å². The monoisotopic (exact) mass is 303 g/mol. The zero-order valence-corrected chi connectivity index (χ0v) is 8.21. The Morgan fingerprint density at radius 1 is 1.00 bits per heavy atom. The Morgan fingerprint density at radius 2 is 1.00 bits per heavy atom. The van der Waals surface area contributed by atoms with Gasteiger partial charge in [-0.1, -0.05) is 0 Å². The van der Waals surface area contributed by atoms with Crippen molar-refractivity contribution < 1.29 is 81.1 Å². The van der Waals surface area contributed by atoms with Crippen LogP contribution in [0.15, 0.2) is 0 Å². The van der Waals surface area contributed by atoms with Crippen molar-refractivity contribution in [2.75, 3.05) is 0 Å². The Balaban J connectivity index is 0. The summed E-state index contributed by atoms with van der Waals surface area (Å²) in [5, 5.41) is 0. The van der Waals surface area contributed by atoms with Crippen molar-refractivity contribution >= 4 is 0 Å². The van der Waals surface area contributed by atoms with Crippen LogP contribution in [0.4, 0.5) is 0 Å². The topological polar surface area (TPSA) is 0 Å². The zero-order valence-electron chi connectivity index (χ0n) is 1.60. The second-order valence-electron chi connectivity index (χ2n) is 0. The predicted molar refractivity (Wildman–Crippen MR) is 0 cm³/mol. The van der Waals surface area contributed by atoms with E-state index in [0.29, 0.717) is 0 Å². The first kappa shape index (κ1) is 30.6. The predicted octanol–water partition coefficient (Wildman–Crippen LogP) is -0.0100. The average Bonchev–Trinajstić information content (AvgIpc) is 0. The molecule has 1 radical (unpaired) electrons. The third kappa shape index (κ3) is 8.82. The van der Waals surface area contributed by atoms with E-state index in [1.807, 2.05) is 0 Å². The summed E-state index contributed by atoms with van der Waals surface area (Å²) in [7, 11) is 0. The minimum Gasteiger partial charge on any atom is 0 e. The second-order valence-corrected chi connectivity index (χ2v) is 0. The van der Waals surface area contributed by atoms with Gasteiger partial charge >= 0.3 is 0 Å². The molecule has 0 aliphatic carbocycles. The maximum atomic E-state index is 0. The smallest absolute Gasteiger partial charge is 0 e. The van der Waals surface area contributed by atoms with Crippen LogP contribution >= 0.6 is 0 Å². The third-order valence-corrected chi connectivity index (χ3v) is 0. The maximum absolute atomic E-state index is 0. The molecule has 0 aromatic rings. The molecule has 0 rings (SSSR count). The van der Waals surface area contributed by atoms with E-state index in [2.05, 4.69) is 0 Å². The Kier molecular flexibility index (Phi) is 134. The minimum atomic E-state index is 0. The van der Waals surface area contributed by atoms with Gasteiger partial charge in [-0.15, -0.1) is 0 Å². The summed E-state index contributed by atoms with van der Waals surface area (Å²) in [6.45, 7) is 0. The van der Waals surface area contributed by atoms with E-state index in [4.69, 9.17) is 0 Å². The number of hydrogen-bond acceptors (Lipinski definition) is 0. The normalized spacial score (nSPS) is 0. The first-order chi connectivity index (χ1) is 0. The van der Waals surface area contributed by atoms with E-state index in [9.17, 15) is 0 Å². The molecule has 0 unspecified atom stereocenters. The largest absolute Gasteiger partial charge is 0 e. The number of hydrogen-bond donors (Lipinski definition) is 0. The molecule has 0 atom stereocenters. The van der Waals surface area contributed by atoms with Gasteiger partial charge in [-0.2, -0.15) is 0 Å². The van der Waals surface area contributed by atoms with Crippen molar-refractivity contribution in [2.24, 2.45) is 0 Å². The summed E-state index contributed by atoms with van der Waals surface area (Å²) in [5.74, 6) is 0. The van der Waals surface area contributed by atoms with Gasteiger partial charge in [0.2, 0.25) is 0 Å². The fourth-order valence-corrected chi connectivity index (χ4v) is 0. The molecule has 0 fully saturated rings. The molecule has 0 spiro atoms. The molecule has 0 saturated carbocycles. The van der Waals surface area contributed by atoms with E-state index in [1.165, 1.54) is 0 Å². The van der Waals surface area contributed by atoms with Crippen molar-refractivity contribution in [1.29, 1.82) is 0 Å². The van der Waals surface area contributed by atoms with Gasteiger partial charge in [-0.05, 0) is 0 Å². The molecule has 0 aliphatic rings. The van der Waals surface area contributed by atoms with Crippen LogP contribution in [0.5, 0.6) is 0 Å². The van der Waals surface area contributed by atoms with Crippen molar-refractivity contribution in [1.82, 2.24) is 0 Å². The second kappa shape index (κ2) is 17.5. The zero-order chi connectivity index (χ0) is 0. The maximum Gasteiger partial charge on any atom is 0 e. The van der Waals surface area contributed by atoms with E-state index in [-0.39, 0.29) is 81.1 Å². The van der Waals surface area contributed by atoms with Gasteiger partial charge in [0, 0.05) is 81.1 Å². The third-order valence-electron chi connectivity index (χ3n) is 0. The number of rotatable bonds is 0. The summed E-state index contributed by atoms with van der Waals surface area (Å²) in [6.07, 6.45) is 0. The van der Waals surface area contributed by atoms with E-state index in [1.54, 1.807) is 0 Å². The van der Waals surface area contributed by atoms with Gasteiger partial charge in [-0.25, -0.2) is 0 Å². The molecule has 0 heterocycles. The first-order valence-corrected chi connectivity index (χ1v) is 0. The van der Waals surface area contributed by atoms with Gasteiger partial charge < -0.3 is 0 Å². The van der Waals surface area contributed by atoms with Crippen LogP contribution in [0.3, 0.4) is 0 Å². The van der Waals surface area contributed by atoms with Gasteiger partial charge in [0.15, 0.2) is 0 Å². The molecule has 0 N–H and O–H groups in total. The fraction of sp³-hybridized carbons (Fsp3) is 0. The standard InChI is InChI=1S/Co.Fe.Mo.Zr. The molecule has 0 nitrogen and oxygen atoms in total. The van der Waals surface area contributed by atoms with Crippen molar-refractivity contribution in [3.8, 4) is 0 Å². The summed E-state index contributed by atoms with van der Waals surface area (Å²) in [5.41, 5.74) is 0. The first-order valence-electron chi connectivity index (χ1n) is 0. The molecular formula is CoFeMoZr. The van der Waals surface area contributed by atoms with E-state index < -0.39 is 0 Å². The Hall–Kier alpha value is 2.60. The van der Waals surface area contributed by atoms with Crippen LogP contribution in [0.1, 0.15) is 0 Å². The van der Waals surface area contributed by atoms with Crippen molar-refractivity contribution in [3.63, 3.8) is 0 Å². The van der Waals surface area contributed by atoms with Crippen molar-refractivity contribution in [2.45, 2.75) is 0 Å². The van der Waals surface area contributed by atoms with Crippen LogP contribution in [0.2, 0.25) is 0 Å². The van der Waals surface area contributed by atoms with Gasteiger partial charge in [-0.3, -0.25) is 0 Å². The molecule has 0 saturated heterocycles. The summed E-state index contributed by atoms with van der Waals surface area (Å²) in [4.78, 5) is 0. The summed E-state index contributed by atoms with van der Waals surface area (Å²) >= 11 is 0. The van der Waals surface area contributed by atoms with Crippen molar-refractivity contribution in [3.05, 3.63) is 0 Å². The van der Waals surface area contributed by atoms with Gasteiger partial charge in [0.25, 0.3) is 0 Å². The Bertz CT molecular complexity index is 8.00. The summed E-state index contributed by atoms with van der Waals surface area (Å²) in [6, 6.07) is 0. The quantitative estimate of drug-likeness (QED) is 0.552. The Labute approximate surface area is 79.9 Å². The molecule has 0 aromatic carbocycles. The summed E-state index contributed by atoms with van der Waals surface area (Å²) < 4.78 is 0. The average molecular weight is 302 g/mol. The van der Waals surface area contributed by atoms with E-state index in [0.717, 1.165) is 0 Å². The Morgan fingerprint density at radius 3 is 1.00 bits per heavy atom. The molecule has 0 amide bonds. The molecule has 4 heavy (non-hydrogen) atoms. The minimum absolute atomic E-state index is 0. The molecule has 0 bridgehead atoms. The molecule has 27 valence electrons. The van der Waals surface area contributed by atoms with Crippen LogP contribution < -0.4 is 0 Å². The van der Waals surface area contributed by atoms with Crippen LogP contribution in [0.25, 0.3) is 0 Å². The molecule has 0 aliphatic heterocycles. The SMILES string of the molecule is [Co].[Fe].[Mo].[Zr]. The molecular weight excluding hydrogens is 302 g/mol. The van der Waals surface area contributed by atoms with Crippen LogP contribution in [-0.4, -0.2) is 0 Å². The fourth-order valence-electron chi connectivity index (χ4n) is 0. The van der Waals surface area contributed by atoms with Gasteiger partial charge in [0.1, 0.15) is 0 Å². The van der Waals surface area contributed by atoms with E-state index >= 15 is 0 Å². The van der Waals surface area contributed by atoms with Crippen LogP contribution in [-0.2, 0) is 81.1 Å².